The van der Waals surface area contributed by atoms with E-state index in [1.165, 1.54) is 11.3 Å². The number of nitrogens with zero attached hydrogens (tertiary/aromatic N) is 1. The molecule has 0 saturated heterocycles. The molecule has 0 fully saturated rings. The molecule has 4 rings (SSSR count). The lowest BCUT2D eigenvalue weighted by molar-refractivity contribution is -0.915. The first kappa shape index (κ1) is 28.3. The summed E-state index contributed by atoms with van der Waals surface area (Å²) >= 11 is 1.49. The summed E-state index contributed by atoms with van der Waals surface area (Å²) in [7, 11) is -3.04. The molecule has 190 valence electrons. The lowest BCUT2D eigenvalue weighted by Crippen LogP contribution is -3.00. The maximum Gasteiger partial charge on any atom is 0.226 e. The number of nitrogens with one attached hydrogen (secondary N) is 1. The minimum Gasteiger partial charge on any atom is -1.00 e. The van der Waals surface area contributed by atoms with Crippen molar-refractivity contribution in [1.29, 1.82) is 0 Å². The smallest absolute Gasteiger partial charge is 0.226 e. The number of halogens is 1. The van der Waals surface area contributed by atoms with Crippen LogP contribution in [-0.4, -0.2) is 43.0 Å². The molecule has 1 aliphatic heterocycles. The molecule has 36 heavy (non-hydrogen) atoms. The van der Waals surface area contributed by atoms with E-state index in [-0.39, 0.29) is 22.8 Å². The van der Waals surface area contributed by atoms with E-state index in [1.54, 1.807) is 11.6 Å². The van der Waals surface area contributed by atoms with Crippen molar-refractivity contribution in [3.05, 3.63) is 106 Å². The molecule has 0 saturated carbocycles. The normalized spacial score (nSPS) is 14.7. The molecule has 3 aromatic rings. The molecule has 0 radical (unpaired) electrons. The van der Waals surface area contributed by atoms with Crippen LogP contribution in [-0.2, 0) is 9.30 Å². The first-order chi connectivity index (χ1) is 17.0. The van der Waals surface area contributed by atoms with Crippen molar-refractivity contribution < 1.29 is 35.6 Å². The topological polar surface area (TPSA) is 55.4 Å². The number of carbonyl (C=O) groups is 1. The Labute approximate surface area is 228 Å². The summed E-state index contributed by atoms with van der Waals surface area (Å²) in [6.07, 6.45) is 0. The molecule has 0 spiro atoms. The van der Waals surface area contributed by atoms with Gasteiger partial charge >= 0.3 is 0 Å². The second kappa shape index (κ2) is 12.8. The SMILES string of the molecule is CC[N+](CC)(CCNP1(=O)C=C(c2ccccc2)OC(c2ccccc2)=C1)CC(=O)c1cccs1.[Br-]. The Kier molecular flexibility index (Phi) is 10.1. The predicted molar refractivity (Wildman–Crippen MR) is 145 cm³/mol. The van der Waals surface area contributed by atoms with Gasteiger partial charge < -0.3 is 26.2 Å². The van der Waals surface area contributed by atoms with E-state index < -0.39 is 7.29 Å². The highest BCUT2D eigenvalue weighted by Gasteiger charge is 2.31. The van der Waals surface area contributed by atoms with Crippen LogP contribution in [0.25, 0.3) is 11.5 Å². The van der Waals surface area contributed by atoms with Crippen LogP contribution in [0.4, 0.5) is 0 Å². The molecule has 2 aromatic carbocycles. The number of quaternary nitrogens is 1. The number of ketones is 1. The van der Waals surface area contributed by atoms with Crippen LogP contribution in [0, 0.1) is 0 Å². The lowest BCUT2D eigenvalue weighted by Gasteiger charge is -2.36. The fraction of sp³-hybridized carbons (Fsp3) is 0.250. The van der Waals surface area contributed by atoms with E-state index in [2.05, 4.69) is 18.9 Å². The summed E-state index contributed by atoms with van der Waals surface area (Å²) in [4.78, 5) is 13.6. The molecule has 8 heteroatoms. The van der Waals surface area contributed by atoms with Crippen LogP contribution in [0.3, 0.4) is 0 Å². The van der Waals surface area contributed by atoms with Gasteiger partial charge in [0.25, 0.3) is 0 Å². The molecule has 0 atom stereocenters. The van der Waals surface area contributed by atoms with Crippen LogP contribution in [0.5, 0.6) is 0 Å². The quantitative estimate of drug-likeness (QED) is 0.211. The standard InChI is InChI=1S/C28H32N2O3PS.BrH/c1-3-30(4-2,20-25(31)28-16-11-19-35-28)18-17-29-34(32)21-26(23-12-7-5-8-13-23)33-27(22-34)24-14-9-6-10-15-24;/h5-16,19,21-22H,3-4,17-18,20H2,1-2H3,(H,29,32);1H/q+1;/p-1. The van der Waals surface area contributed by atoms with Crippen LogP contribution < -0.4 is 22.1 Å². The zero-order valence-corrected chi connectivity index (χ0v) is 23.9. The van der Waals surface area contributed by atoms with E-state index >= 15 is 0 Å². The number of carbonyl (C=O) groups excluding carboxylic acids is 1. The molecule has 0 amide bonds. The number of hydrogen-bond donors (Lipinski definition) is 1. The third kappa shape index (κ3) is 6.93. The van der Waals surface area contributed by atoms with E-state index in [0.717, 1.165) is 29.1 Å². The fourth-order valence-corrected chi connectivity index (χ4v) is 6.71. The number of benzene rings is 2. The Morgan fingerprint density at radius 1 is 0.889 bits per heavy atom. The zero-order valence-electron chi connectivity index (χ0n) is 20.6. The minimum absolute atomic E-state index is 0. The molecule has 5 nitrogen and oxygen atoms in total. The van der Waals surface area contributed by atoms with Gasteiger partial charge in [0, 0.05) is 22.8 Å². The Bertz CT molecular complexity index is 1180. The fourth-order valence-electron chi connectivity index (χ4n) is 4.24. The van der Waals surface area contributed by atoms with Gasteiger partial charge in [-0.05, 0) is 25.3 Å². The molecule has 0 aliphatic carbocycles. The molecule has 1 aromatic heterocycles. The van der Waals surface area contributed by atoms with Gasteiger partial charge in [0.1, 0.15) is 18.1 Å². The summed E-state index contributed by atoms with van der Waals surface area (Å²) in [5.74, 6) is 4.78. The van der Waals surface area contributed by atoms with Gasteiger partial charge in [0.15, 0.2) is 7.29 Å². The van der Waals surface area contributed by atoms with Crippen LogP contribution in [0.15, 0.2) is 89.8 Å². The highest BCUT2D eigenvalue weighted by Crippen LogP contribution is 2.53. The molecule has 0 bridgehead atoms. The van der Waals surface area contributed by atoms with Gasteiger partial charge in [0.05, 0.1) is 31.1 Å². The second-order valence-electron chi connectivity index (χ2n) is 8.69. The van der Waals surface area contributed by atoms with E-state index in [9.17, 15) is 9.36 Å². The highest BCUT2D eigenvalue weighted by atomic mass is 79.9. The van der Waals surface area contributed by atoms with Crippen molar-refractivity contribution >= 4 is 35.9 Å². The molecule has 0 unspecified atom stereocenters. The van der Waals surface area contributed by atoms with Gasteiger partial charge in [0.2, 0.25) is 5.78 Å². The Morgan fingerprint density at radius 2 is 1.44 bits per heavy atom. The zero-order chi connectivity index (χ0) is 24.7. The van der Waals surface area contributed by atoms with Crippen molar-refractivity contribution in [3.63, 3.8) is 0 Å². The molecule has 1 aliphatic rings. The third-order valence-corrected chi connectivity index (χ3v) is 9.38. The number of ether oxygens (including phenoxy) is 1. The molecular weight excluding hydrogens is 555 g/mol. The summed E-state index contributed by atoms with van der Waals surface area (Å²) in [5, 5.41) is 5.26. The number of Topliss-reactive ketones (excluding diaryl/α,β-unsaturated/α-hetero) is 1. The maximum atomic E-state index is 14.1. The van der Waals surface area contributed by atoms with Crippen molar-refractivity contribution in [1.82, 2.24) is 5.09 Å². The van der Waals surface area contributed by atoms with Crippen molar-refractivity contribution in [2.45, 2.75) is 13.8 Å². The average Bonchev–Trinajstić information content (AvgIpc) is 3.44. The van der Waals surface area contributed by atoms with Gasteiger partial charge in [-0.1, -0.05) is 66.7 Å². The van der Waals surface area contributed by atoms with Crippen LogP contribution in [0.1, 0.15) is 34.6 Å². The predicted octanol–water partition coefficient (Wildman–Crippen LogP) is 3.69. The maximum absolute atomic E-state index is 14.1. The van der Waals surface area contributed by atoms with Crippen molar-refractivity contribution in [2.24, 2.45) is 0 Å². The molecule has 1 N–H and O–H groups in total. The molecular formula is C28H32BrN2O3PS. The number of rotatable bonds is 11. The monoisotopic (exact) mass is 586 g/mol. The third-order valence-electron chi connectivity index (χ3n) is 6.52. The number of likely N-dealkylation sites (N-methyl/N-ethyl adjacent to an activating group) is 1. The molecule has 2 heterocycles. The van der Waals surface area contributed by atoms with Gasteiger partial charge in [-0.2, -0.15) is 0 Å². The van der Waals surface area contributed by atoms with E-state index in [4.69, 9.17) is 4.74 Å². The summed E-state index contributed by atoms with van der Waals surface area (Å²) in [5.41, 5.74) is 1.76. The van der Waals surface area contributed by atoms with Gasteiger partial charge in [-0.3, -0.25) is 14.4 Å². The lowest BCUT2D eigenvalue weighted by atomic mass is 10.2. The second-order valence-corrected chi connectivity index (χ2v) is 11.9. The summed E-state index contributed by atoms with van der Waals surface area (Å²) in [6, 6.07) is 23.3. The van der Waals surface area contributed by atoms with E-state index in [0.29, 0.717) is 35.6 Å². The highest BCUT2D eigenvalue weighted by molar-refractivity contribution is 7.68. The average molecular weight is 588 g/mol. The van der Waals surface area contributed by atoms with Gasteiger partial charge in [-0.15, -0.1) is 11.3 Å². The first-order valence-corrected chi connectivity index (χ1v) is 14.7. The summed E-state index contributed by atoms with van der Waals surface area (Å²) in [6.45, 7) is 7.56. The number of thiophene rings is 1. The number of hydrogen-bond acceptors (Lipinski definition) is 4. The Balaban J connectivity index is 0.00000361. The van der Waals surface area contributed by atoms with Crippen molar-refractivity contribution in [2.75, 3.05) is 32.7 Å². The Hall–Kier alpha value is -2.28. The first-order valence-electron chi connectivity index (χ1n) is 12.0. The van der Waals surface area contributed by atoms with E-state index in [1.807, 2.05) is 78.2 Å². The summed E-state index contributed by atoms with van der Waals surface area (Å²) < 4.78 is 20.9. The van der Waals surface area contributed by atoms with Crippen molar-refractivity contribution in [3.8, 4) is 0 Å². The van der Waals surface area contributed by atoms with Gasteiger partial charge in [-0.25, -0.2) is 0 Å². The largest absolute Gasteiger partial charge is 1.00 e. The van der Waals surface area contributed by atoms with Crippen LogP contribution in [0.2, 0.25) is 0 Å². The minimum atomic E-state index is -3.04. The van der Waals surface area contributed by atoms with Crippen LogP contribution >= 0.6 is 18.6 Å². The Morgan fingerprint density at radius 3 is 1.92 bits per heavy atom.